The number of para-hydroxylation sites is 2. The molecule has 0 bridgehead atoms. The molecule has 3 aromatic carbocycles. The maximum atomic E-state index is 14.0. The second kappa shape index (κ2) is 9.65. The van der Waals surface area contributed by atoms with Crippen molar-refractivity contribution in [1.82, 2.24) is 0 Å². The summed E-state index contributed by atoms with van der Waals surface area (Å²) in [5.41, 5.74) is -0.145. The lowest BCUT2D eigenvalue weighted by molar-refractivity contribution is -0.125. The molecule has 0 aromatic heterocycles. The smallest absolute Gasteiger partial charge is 0.345 e. The summed E-state index contributed by atoms with van der Waals surface area (Å²) in [6.07, 6.45) is -1.44. The summed E-state index contributed by atoms with van der Waals surface area (Å²) in [4.78, 5) is 25.5. The number of nitrogens with one attached hydrogen (secondary N) is 1. The van der Waals surface area contributed by atoms with Crippen LogP contribution in [0.15, 0.2) is 72.8 Å². The average molecular weight is 411 g/mol. The zero-order chi connectivity index (χ0) is 21.5. The van der Waals surface area contributed by atoms with Crippen LogP contribution in [0.5, 0.6) is 5.75 Å². The van der Waals surface area contributed by atoms with Crippen LogP contribution < -0.4 is 10.1 Å². The van der Waals surface area contributed by atoms with Gasteiger partial charge in [-0.25, -0.2) is 13.6 Å². The number of hydrogen-bond acceptors (Lipinski definition) is 4. The van der Waals surface area contributed by atoms with Gasteiger partial charge in [0, 0.05) is 5.56 Å². The Hall–Kier alpha value is -3.74. The van der Waals surface area contributed by atoms with Crippen molar-refractivity contribution in [2.24, 2.45) is 0 Å². The maximum absolute atomic E-state index is 14.0. The highest BCUT2D eigenvalue weighted by atomic mass is 19.1. The van der Waals surface area contributed by atoms with Crippen LogP contribution in [0.4, 0.5) is 14.5 Å². The number of carbonyl (C=O) groups excluding carboxylic acids is 2. The van der Waals surface area contributed by atoms with Crippen LogP contribution in [0.1, 0.15) is 28.9 Å². The third kappa shape index (κ3) is 4.81. The van der Waals surface area contributed by atoms with E-state index < -0.39 is 35.2 Å². The fraction of sp³-hybridized carbons (Fsp3) is 0.130. The number of halogens is 2. The van der Waals surface area contributed by atoms with Crippen LogP contribution in [0.25, 0.3) is 0 Å². The summed E-state index contributed by atoms with van der Waals surface area (Å²) in [5.74, 6) is -3.69. The molecule has 0 saturated carbocycles. The molecule has 154 valence electrons. The van der Waals surface area contributed by atoms with Crippen LogP contribution in [-0.4, -0.2) is 18.5 Å². The first-order chi connectivity index (χ1) is 14.5. The minimum absolute atomic E-state index is 0.342. The number of benzene rings is 3. The number of amides is 1. The Bertz CT molecular complexity index is 1020. The highest BCUT2D eigenvalue weighted by Gasteiger charge is 2.29. The van der Waals surface area contributed by atoms with Gasteiger partial charge in [0.15, 0.2) is 0 Å². The standard InChI is InChI=1S/C23H19F2NO4/c1-2-29-19-14-7-6-13-18(19)26-22(27)21(15-9-4-3-5-10-15)30-23(28)20-16(24)11-8-12-17(20)25/h3-14,21H,2H2,1H3,(H,26,27)/t21-/m1/s1. The monoisotopic (exact) mass is 411 g/mol. The zero-order valence-electron chi connectivity index (χ0n) is 16.1. The van der Waals surface area contributed by atoms with Crippen molar-refractivity contribution in [2.75, 3.05) is 11.9 Å². The van der Waals surface area contributed by atoms with Gasteiger partial charge in [-0.15, -0.1) is 0 Å². The molecule has 0 heterocycles. The molecule has 1 amide bonds. The van der Waals surface area contributed by atoms with Gasteiger partial charge in [-0.1, -0.05) is 48.5 Å². The van der Waals surface area contributed by atoms with Gasteiger partial charge in [0.05, 0.1) is 12.3 Å². The lowest BCUT2D eigenvalue weighted by Crippen LogP contribution is -2.26. The lowest BCUT2D eigenvalue weighted by Gasteiger charge is -2.19. The Kier molecular flexibility index (Phi) is 6.75. The van der Waals surface area contributed by atoms with E-state index in [9.17, 15) is 18.4 Å². The quantitative estimate of drug-likeness (QED) is 0.562. The summed E-state index contributed by atoms with van der Waals surface area (Å²) in [6.45, 7) is 2.19. The second-order valence-corrected chi connectivity index (χ2v) is 6.21. The topological polar surface area (TPSA) is 64.6 Å². The predicted octanol–water partition coefficient (Wildman–Crippen LogP) is 4.90. The average Bonchev–Trinajstić information content (AvgIpc) is 2.74. The van der Waals surface area contributed by atoms with Gasteiger partial charge >= 0.3 is 5.97 Å². The fourth-order valence-electron chi connectivity index (χ4n) is 2.81. The third-order valence-electron chi connectivity index (χ3n) is 4.18. The van der Waals surface area contributed by atoms with Crippen LogP contribution in [0.2, 0.25) is 0 Å². The predicted molar refractivity (Wildman–Crippen MR) is 107 cm³/mol. The summed E-state index contributed by atoms with van der Waals surface area (Å²) in [6, 6.07) is 17.9. The SMILES string of the molecule is CCOc1ccccc1NC(=O)[C@H](OC(=O)c1c(F)cccc1F)c1ccccc1. The Labute approximate surface area is 172 Å². The van der Waals surface area contributed by atoms with E-state index in [-0.39, 0.29) is 0 Å². The molecule has 5 nitrogen and oxygen atoms in total. The first-order valence-corrected chi connectivity index (χ1v) is 9.24. The molecule has 0 fully saturated rings. The molecule has 0 spiro atoms. The van der Waals surface area contributed by atoms with Gasteiger partial charge in [0.25, 0.3) is 5.91 Å². The van der Waals surface area contributed by atoms with Gasteiger partial charge < -0.3 is 14.8 Å². The Morgan fingerprint density at radius 2 is 1.53 bits per heavy atom. The summed E-state index contributed by atoms with van der Waals surface area (Å²) in [5, 5.41) is 2.65. The zero-order valence-corrected chi connectivity index (χ0v) is 16.1. The van der Waals surface area contributed by atoms with Crippen LogP contribution in [0, 0.1) is 11.6 Å². The molecule has 0 radical (unpaired) electrons. The van der Waals surface area contributed by atoms with Crippen molar-refractivity contribution in [2.45, 2.75) is 13.0 Å². The highest BCUT2D eigenvalue weighted by Crippen LogP contribution is 2.27. The van der Waals surface area contributed by atoms with Gasteiger partial charge in [-0.2, -0.15) is 0 Å². The number of rotatable bonds is 7. The molecule has 3 aromatic rings. The van der Waals surface area contributed by atoms with Crippen molar-refractivity contribution < 1.29 is 27.8 Å². The van der Waals surface area contributed by atoms with E-state index in [2.05, 4.69) is 5.32 Å². The Morgan fingerprint density at radius 3 is 2.20 bits per heavy atom. The molecule has 30 heavy (non-hydrogen) atoms. The van der Waals surface area contributed by atoms with E-state index in [1.807, 2.05) is 0 Å². The number of carbonyl (C=O) groups is 2. The van der Waals surface area contributed by atoms with E-state index in [4.69, 9.17) is 9.47 Å². The van der Waals surface area contributed by atoms with E-state index >= 15 is 0 Å². The molecule has 0 aliphatic heterocycles. The Morgan fingerprint density at radius 1 is 0.900 bits per heavy atom. The molecule has 0 aliphatic rings. The van der Waals surface area contributed by atoms with Crippen LogP contribution in [0.3, 0.4) is 0 Å². The van der Waals surface area contributed by atoms with Crippen molar-refractivity contribution in [1.29, 1.82) is 0 Å². The maximum Gasteiger partial charge on any atom is 0.345 e. The first-order valence-electron chi connectivity index (χ1n) is 9.24. The van der Waals surface area contributed by atoms with Gasteiger partial charge in [-0.05, 0) is 31.2 Å². The van der Waals surface area contributed by atoms with E-state index in [0.29, 0.717) is 23.6 Å². The fourth-order valence-corrected chi connectivity index (χ4v) is 2.81. The molecule has 3 rings (SSSR count). The van der Waals surface area contributed by atoms with Crippen LogP contribution >= 0.6 is 0 Å². The Balaban J connectivity index is 1.90. The molecule has 1 atom stereocenters. The molecular formula is C23H19F2NO4. The largest absolute Gasteiger partial charge is 0.492 e. The van der Waals surface area contributed by atoms with Gasteiger partial charge in [-0.3, -0.25) is 4.79 Å². The van der Waals surface area contributed by atoms with E-state index in [0.717, 1.165) is 18.2 Å². The lowest BCUT2D eigenvalue weighted by atomic mass is 10.1. The van der Waals surface area contributed by atoms with E-state index in [1.165, 1.54) is 0 Å². The number of ether oxygens (including phenoxy) is 2. The minimum atomic E-state index is -1.44. The molecule has 7 heteroatoms. The molecule has 0 unspecified atom stereocenters. The number of hydrogen-bond donors (Lipinski definition) is 1. The molecular weight excluding hydrogens is 392 g/mol. The molecule has 0 aliphatic carbocycles. The molecule has 0 saturated heterocycles. The summed E-state index contributed by atoms with van der Waals surface area (Å²) in [7, 11) is 0. The summed E-state index contributed by atoms with van der Waals surface area (Å²) < 4.78 is 38.7. The van der Waals surface area contributed by atoms with Crippen molar-refractivity contribution in [3.05, 3.63) is 95.6 Å². The van der Waals surface area contributed by atoms with Gasteiger partial charge in [0.2, 0.25) is 6.10 Å². The van der Waals surface area contributed by atoms with Crippen LogP contribution in [-0.2, 0) is 9.53 Å². The summed E-state index contributed by atoms with van der Waals surface area (Å²) >= 11 is 0. The third-order valence-corrected chi connectivity index (χ3v) is 4.18. The number of anilines is 1. The van der Waals surface area contributed by atoms with Gasteiger partial charge in [0.1, 0.15) is 22.9 Å². The van der Waals surface area contributed by atoms with E-state index in [1.54, 1.807) is 61.5 Å². The van der Waals surface area contributed by atoms with Crippen molar-refractivity contribution in [3.63, 3.8) is 0 Å². The number of esters is 1. The minimum Gasteiger partial charge on any atom is -0.492 e. The van der Waals surface area contributed by atoms with Crippen molar-refractivity contribution >= 4 is 17.6 Å². The normalized spacial score (nSPS) is 11.4. The van der Waals surface area contributed by atoms with Crippen molar-refractivity contribution in [3.8, 4) is 5.75 Å². The highest BCUT2D eigenvalue weighted by molar-refractivity contribution is 5.99. The second-order valence-electron chi connectivity index (χ2n) is 6.21. The molecule has 1 N–H and O–H groups in total. The first kappa shape index (κ1) is 21.0.